The van der Waals surface area contributed by atoms with E-state index in [1.54, 1.807) is 0 Å². The first-order valence-electron chi connectivity index (χ1n) is 7.53. The number of carbonyl (C=O) groups excluding carboxylic acids is 1. The lowest BCUT2D eigenvalue weighted by molar-refractivity contribution is -0.134. The Hall–Kier alpha value is -1.10. The molecule has 1 aromatic carbocycles. The molecule has 0 saturated carbocycles. The van der Waals surface area contributed by atoms with Gasteiger partial charge in [-0.05, 0) is 31.4 Å². The maximum absolute atomic E-state index is 13.1. The Morgan fingerprint density at radius 2 is 2.05 bits per heavy atom. The average Bonchev–Trinajstić information content (AvgIpc) is 2.74. The highest BCUT2D eigenvalue weighted by Gasteiger charge is 2.57. The fourth-order valence-corrected chi connectivity index (χ4v) is 4.06. The van der Waals surface area contributed by atoms with Gasteiger partial charge >= 0.3 is 0 Å². The van der Waals surface area contributed by atoms with Crippen molar-refractivity contribution in [1.29, 1.82) is 0 Å². The van der Waals surface area contributed by atoms with Crippen LogP contribution in [0.5, 0.6) is 0 Å². The number of halogens is 1. The number of benzene rings is 1. The normalized spacial score (nSPS) is 34.9. The molecule has 4 nitrogen and oxygen atoms in total. The maximum Gasteiger partial charge on any atom is 0.235 e. The first-order valence-corrected chi connectivity index (χ1v) is 7.53. The van der Waals surface area contributed by atoms with Crippen molar-refractivity contribution in [1.82, 2.24) is 5.32 Å². The molecule has 3 heterocycles. The standard InChI is InChI=1S/C16H20N2O2.ClH/c19-15-16(9-13-10-17-11-14(16)20-13)7-4-8-18(15)12-5-2-1-3-6-12;/h1-3,5-6,13-14,17H,4,7-11H2;1H/t13?,14-,16-;/m1./s1. The Labute approximate surface area is 131 Å². The van der Waals surface area contributed by atoms with Crippen LogP contribution in [0, 0.1) is 5.41 Å². The van der Waals surface area contributed by atoms with Crippen molar-refractivity contribution >= 4 is 24.0 Å². The van der Waals surface area contributed by atoms with Gasteiger partial charge in [-0.1, -0.05) is 18.2 Å². The number of carbonyl (C=O) groups is 1. The number of nitrogens with one attached hydrogen (secondary N) is 1. The number of morpholine rings is 1. The average molecular weight is 309 g/mol. The number of hydrogen-bond donors (Lipinski definition) is 1. The second-order valence-corrected chi connectivity index (χ2v) is 6.16. The lowest BCUT2D eigenvalue weighted by atomic mass is 9.73. The SMILES string of the molecule is Cl.O=C1N(c2ccccc2)CCC[C@]12CC1CNC[C@H]2O1. The number of amides is 1. The van der Waals surface area contributed by atoms with Gasteiger partial charge in [-0.3, -0.25) is 4.79 Å². The summed E-state index contributed by atoms with van der Waals surface area (Å²) in [4.78, 5) is 15.1. The Morgan fingerprint density at radius 1 is 1.24 bits per heavy atom. The molecular formula is C16H21ClN2O2. The molecule has 1 unspecified atom stereocenters. The molecule has 3 atom stereocenters. The van der Waals surface area contributed by atoms with Crippen LogP contribution in [0.2, 0.25) is 0 Å². The summed E-state index contributed by atoms with van der Waals surface area (Å²) in [7, 11) is 0. The molecule has 3 aliphatic rings. The van der Waals surface area contributed by atoms with Crippen LogP contribution in [0.25, 0.3) is 0 Å². The summed E-state index contributed by atoms with van der Waals surface area (Å²) in [5.41, 5.74) is 0.730. The summed E-state index contributed by atoms with van der Waals surface area (Å²) in [5.74, 6) is 0.270. The molecular weight excluding hydrogens is 288 g/mol. The van der Waals surface area contributed by atoms with Gasteiger partial charge in [0.25, 0.3) is 0 Å². The van der Waals surface area contributed by atoms with Crippen molar-refractivity contribution in [2.24, 2.45) is 5.41 Å². The molecule has 0 aromatic heterocycles. The predicted octanol–water partition coefficient (Wildman–Crippen LogP) is 1.98. The van der Waals surface area contributed by atoms with Crippen molar-refractivity contribution in [3.8, 4) is 0 Å². The topological polar surface area (TPSA) is 41.6 Å². The Kier molecular flexibility index (Phi) is 3.95. The third kappa shape index (κ3) is 2.26. The van der Waals surface area contributed by atoms with Gasteiger partial charge in [-0.15, -0.1) is 12.4 Å². The molecule has 1 aromatic rings. The highest BCUT2D eigenvalue weighted by Crippen LogP contribution is 2.47. The molecule has 114 valence electrons. The van der Waals surface area contributed by atoms with E-state index in [0.29, 0.717) is 0 Å². The van der Waals surface area contributed by atoms with Gasteiger partial charge in [-0.2, -0.15) is 0 Å². The van der Waals surface area contributed by atoms with E-state index in [1.807, 2.05) is 35.2 Å². The Morgan fingerprint density at radius 3 is 2.81 bits per heavy atom. The molecule has 5 heteroatoms. The van der Waals surface area contributed by atoms with E-state index in [2.05, 4.69) is 5.32 Å². The number of rotatable bonds is 1. The molecule has 1 spiro atoms. The van der Waals surface area contributed by atoms with E-state index in [9.17, 15) is 4.79 Å². The van der Waals surface area contributed by atoms with E-state index in [4.69, 9.17) is 4.74 Å². The minimum atomic E-state index is -0.289. The smallest absolute Gasteiger partial charge is 0.235 e. The van der Waals surface area contributed by atoms with Crippen molar-refractivity contribution in [2.45, 2.75) is 31.5 Å². The first kappa shape index (κ1) is 14.8. The lowest BCUT2D eigenvalue weighted by Crippen LogP contribution is -2.54. The Balaban J connectivity index is 0.00000132. The summed E-state index contributed by atoms with van der Waals surface area (Å²) in [6.07, 6.45) is 3.19. The van der Waals surface area contributed by atoms with Gasteiger partial charge in [0.2, 0.25) is 5.91 Å². The van der Waals surface area contributed by atoms with E-state index in [0.717, 1.165) is 44.6 Å². The molecule has 21 heavy (non-hydrogen) atoms. The third-order valence-electron chi connectivity index (χ3n) is 5.01. The second kappa shape index (κ2) is 5.59. The number of anilines is 1. The fourth-order valence-electron chi connectivity index (χ4n) is 4.06. The number of hydrogen-bond acceptors (Lipinski definition) is 3. The third-order valence-corrected chi connectivity index (χ3v) is 5.01. The fraction of sp³-hybridized carbons (Fsp3) is 0.562. The van der Waals surface area contributed by atoms with E-state index in [-0.39, 0.29) is 35.9 Å². The van der Waals surface area contributed by atoms with Gasteiger partial charge in [-0.25, -0.2) is 0 Å². The summed E-state index contributed by atoms with van der Waals surface area (Å²) >= 11 is 0. The van der Waals surface area contributed by atoms with E-state index in [1.165, 1.54) is 0 Å². The molecule has 1 amide bonds. The number of piperidine rings is 1. The largest absolute Gasteiger partial charge is 0.371 e. The van der Waals surface area contributed by atoms with Crippen LogP contribution >= 0.6 is 12.4 Å². The predicted molar refractivity (Wildman–Crippen MR) is 83.9 cm³/mol. The molecule has 4 rings (SSSR count). The monoisotopic (exact) mass is 308 g/mol. The van der Waals surface area contributed by atoms with E-state index >= 15 is 0 Å². The second-order valence-electron chi connectivity index (χ2n) is 6.16. The van der Waals surface area contributed by atoms with Gasteiger partial charge in [0.1, 0.15) is 0 Å². The van der Waals surface area contributed by atoms with Crippen molar-refractivity contribution in [3.05, 3.63) is 30.3 Å². The number of nitrogens with zero attached hydrogens (tertiary/aromatic N) is 1. The zero-order chi connectivity index (χ0) is 13.6. The van der Waals surface area contributed by atoms with Crippen molar-refractivity contribution in [3.63, 3.8) is 0 Å². The Bertz CT molecular complexity index is 524. The summed E-state index contributed by atoms with van der Waals surface area (Å²) < 4.78 is 6.04. The van der Waals surface area contributed by atoms with Crippen LogP contribution < -0.4 is 10.2 Å². The summed E-state index contributed by atoms with van der Waals surface area (Å²) in [6, 6.07) is 10.0. The molecule has 0 aliphatic carbocycles. The quantitative estimate of drug-likeness (QED) is 0.862. The van der Waals surface area contributed by atoms with Gasteiger partial charge in [0.05, 0.1) is 17.6 Å². The van der Waals surface area contributed by atoms with Crippen molar-refractivity contribution in [2.75, 3.05) is 24.5 Å². The molecule has 2 bridgehead atoms. The zero-order valence-electron chi connectivity index (χ0n) is 12.0. The number of ether oxygens (including phenoxy) is 1. The molecule has 3 fully saturated rings. The summed E-state index contributed by atoms with van der Waals surface area (Å²) in [6.45, 7) is 2.52. The zero-order valence-corrected chi connectivity index (χ0v) is 12.8. The minimum absolute atomic E-state index is 0. The van der Waals surface area contributed by atoms with Crippen LogP contribution in [0.4, 0.5) is 5.69 Å². The van der Waals surface area contributed by atoms with Crippen LogP contribution in [0.15, 0.2) is 30.3 Å². The number of para-hydroxylation sites is 1. The minimum Gasteiger partial charge on any atom is -0.371 e. The molecule has 3 saturated heterocycles. The molecule has 1 N–H and O–H groups in total. The van der Waals surface area contributed by atoms with Crippen molar-refractivity contribution < 1.29 is 9.53 Å². The van der Waals surface area contributed by atoms with Crippen LogP contribution in [-0.4, -0.2) is 37.7 Å². The molecule has 3 aliphatic heterocycles. The first-order chi connectivity index (χ1) is 9.79. The van der Waals surface area contributed by atoms with Crippen LogP contribution in [-0.2, 0) is 9.53 Å². The van der Waals surface area contributed by atoms with Gasteiger partial charge in [0, 0.05) is 25.3 Å². The highest BCUT2D eigenvalue weighted by atomic mass is 35.5. The molecule has 0 radical (unpaired) electrons. The van der Waals surface area contributed by atoms with Gasteiger partial charge < -0.3 is 15.0 Å². The number of fused-ring (bicyclic) bond motifs is 3. The van der Waals surface area contributed by atoms with Crippen LogP contribution in [0.3, 0.4) is 0 Å². The summed E-state index contributed by atoms with van der Waals surface area (Å²) in [5, 5.41) is 3.40. The highest BCUT2D eigenvalue weighted by molar-refractivity contribution is 5.99. The maximum atomic E-state index is 13.1. The van der Waals surface area contributed by atoms with Gasteiger partial charge in [0.15, 0.2) is 0 Å². The van der Waals surface area contributed by atoms with E-state index < -0.39 is 0 Å². The lowest BCUT2D eigenvalue weighted by Gasteiger charge is -2.41. The van der Waals surface area contributed by atoms with Crippen LogP contribution in [0.1, 0.15) is 19.3 Å².